The van der Waals surface area contributed by atoms with Gasteiger partial charge in [-0.2, -0.15) is 13.2 Å². The van der Waals surface area contributed by atoms with E-state index in [1.54, 1.807) is 18.3 Å². The highest BCUT2D eigenvalue weighted by atomic mass is 19.4. The van der Waals surface area contributed by atoms with Crippen molar-refractivity contribution in [3.05, 3.63) is 77.5 Å². The molecule has 1 aromatic heterocycles. The Balaban J connectivity index is 1.49. The number of nitrogens with one attached hydrogen (secondary N) is 1. The second-order valence-corrected chi connectivity index (χ2v) is 8.91. The number of anilines is 3. The maximum atomic E-state index is 13.4. The van der Waals surface area contributed by atoms with Crippen molar-refractivity contribution >= 4 is 34.1 Å². The number of halogens is 3. The molecule has 3 aromatic carbocycles. The molecule has 1 fully saturated rings. The van der Waals surface area contributed by atoms with Gasteiger partial charge >= 0.3 is 6.18 Å². The van der Waals surface area contributed by atoms with Crippen molar-refractivity contribution in [1.29, 1.82) is 0 Å². The van der Waals surface area contributed by atoms with Gasteiger partial charge in [0.25, 0.3) is 5.91 Å². The number of alkyl halides is 3. The Labute approximate surface area is 206 Å². The minimum absolute atomic E-state index is 0.152. The Morgan fingerprint density at radius 1 is 1.03 bits per heavy atom. The Hall–Kier alpha value is -4.14. The number of rotatable bonds is 4. The van der Waals surface area contributed by atoms with Crippen LogP contribution in [0, 0.1) is 6.92 Å². The molecule has 1 aliphatic heterocycles. The van der Waals surface area contributed by atoms with Gasteiger partial charge in [0.15, 0.2) is 0 Å². The van der Waals surface area contributed by atoms with E-state index in [0.717, 1.165) is 60.1 Å². The smallest absolute Gasteiger partial charge is 0.370 e. The van der Waals surface area contributed by atoms with Crippen LogP contribution in [0.1, 0.15) is 34.3 Å². The number of carbonyl (C=O) groups excluding carboxylic acids is 1. The molecule has 36 heavy (non-hydrogen) atoms. The number of nitrogens with two attached hydrogens (primary N) is 1. The summed E-state index contributed by atoms with van der Waals surface area (Å²) in [6.45, 7) is 3.40. The van der Waals surface area contributed by atoms with Crippen LogP contribution < -0.4 is 16.0 Å². The molecule has 5 rings (SSSR count). The number of hydrogen-bond acceptors (Lipinski definition) is 5. The molecule has 1 saturated heterocycles. The summed E-state index contributed by atoms with van der Waals surface area (Å²) in [6.07, 6.45) is -0.955. The van der Waals surface area contributed by atoms with E-state index < -0.39 is 17.6 Å². The number of aromatic nitrogens is 2. The van der Waals surface area contributed by atoms with Crippen LogP contribution in [-0.4, -0.2) is 29.0 Å². The number of aryl methyl sites for hydroxylation is 1. The molecule has 184 valence electrons. The second kappa shape index (κ2) is 9.14. The summed E-state index contributed by atoms with van der Waals surface area (Å²) < 4.78 is 40.2. The minimum Gasteiger partial charge on any atom is -0.370 e. The van der Waals surface area contributed by atoms with Crippen molar-refractivity contribution in [2.24, 2.45) is 0 Å². The van der Waals surface area contributed by atoms with E-state index in [-0.39, 0.29) is 11.6 Å². The van der Waals surface area contributed by atoms with Crippen LogP contribution in [0.3, 0.4) is 0 Å². The van der Waals surface area contributed by atoms with E-state index in [9.17, 15) is 18.0 Å². The third-order valence-electron chi connectivity index (χ3n) is 6.43. The molecular weight excluding hydrogens is 467 g/mol. The van der Waals surface area contributed by atoms with E-state index in [1.807, 2.05) is 36.1 Å². The van der Waals surface area contributed by atoms with Gasteiger partial charge in [0.1, 0.15) is 0 Å². The predicted molar refractivity (Wildman–Crippen MR) is 135 cm³/mol. The fourth-order valence-corrected chi connectivity index (χ4v) is 4.53. The molecule has 0 bridgehead atoms. The number of nitrogen functional groups attached to an aromatic ring is 1. The topological polar surface area (TPSA) is 84.1 Å². The first-order valence-electron chi connectivity index (χ1n) is 11.6. The molecule has 1 aliphatic rings. The van der Waals surface area contributed by atoms with Crippen molar-refractivity contribution in [2.45, 2.75) is 25.9 Å². The fraction of sp³-hybridized carbons (Fsp3) is 0.222. The first kappa shape index (κ1) is 23.6. The van der Waals surface area contributed by atoms with Crippen LogP contribution in [0.25, 0.3) is 22.0 Å². The normalized spacial score (nSPS) is 13.8. The summed E-state index contributed by atoms with van der Waals surface area (Å²) in [5, 5.41) is 3.54. The average Bonchev–Trinajstić information content (AvgIpc) is 3.38. The van der Waals surface area contributed by atoms with E-state index >= 15 is 0 Å². The van der Waals surface area contributed by atoms with Crippen molar-refractivity contribution in [1.82, 2.24) is 9.97 Å². The van der Waals surface area contributed by atoms with Crippen LogP contribution in [0.15, 0.2) is 60.8 Å². The molecule has 6 nitrogen and oxygen atoms in total. The molecule has 0 unspecified atom stereocenters. The Kier molecular flexibility index (Phi) is 5.99. The summed E-state index contributed by atoms with van der Waals surface area (Å²) in [5.74, 6) is -0.291. The molecule has 4 aromatic rings. The number of carbonyl (C=O) groups is 1. The fourth-order valence-electron chi connectivity index (χ4n) is 4.53. The predicted octanol–water partition coefficient (Wildman–Crippen LogP) is 6.06. The molecule has 0 saturated carbocycles. The monoisotopic (exact) mass is 491 g/mol. The van der Waals surface area contributed by atoms with Crippen molar-refractivity contribution in [3.8, 4) is 11.1 Å². The number of benzene rings is 3. The van der Waals surface area contributed by atoms with Gasteiger partial charge in [0, 0.05) is 30.2 Å². The Bertz CT molecular complexity index is 1460. The van der Waals surface area contributed by atoms with E-state index in [0.29, 0.717) is 16.8 Å². The highest BCUT2D eigenvalue weighted by molar-refractivity contribution is 6.07. The van der Waals surface area contributed by atoms with E-state index in [2.05, 4.69) is 15.3 Å². The molecule has 0 radical (unpaired) electrons. The number of fused-ring (bicyclic) bond motifs is 1. The van der Waals surface area contributed by atoms with Crippen molar-refractivity contribution < 1.29 is 18.0 Å². The average molecular weight is 492 g/mol. The Morgan fingerprint density at radius 2 is 1.81 bits per heavy atom. The minimum atomic E-state index is -4.51. The van der Waals surface area contributed by atoms with Crippen molar-refractivity contribution in [2.75, 3.05) is 29.0 Å². The van der Waals surface area contributed by atoms with Crippen LogP contribution in [0.2, 0.25) is 0 Å². The maximum absolute atomic E-state index is 13.4. The van der Waals surface area contributed by atoms with E-state index in [4.69, 9.17) is 5.73 Å². The van der Waals surface area contributed by atoms with Gasteiger partial charge in [-0.15, -0.1) is 0 Å². The Morgan fingerprint density at radius 3 is 2.56 bits per heavy atom. The molecule has 0 spiro atoms. The van der Waals surface area contributed by atoms with Gasteiger partial charge < -0.3 is 16.0 Å². The molecular formula is C27H24F3N5O. The van der Waals surface area contributed by atoms with Gasteiger partial charge in [-0.05, 0) is 78.9 Å². The summed E-state index contributed by atoms with van der Waals surface area (Å²) >= 11 is 0. The number of hydrogen-bond donors (Lipinski definition) is 2. The summed E-state index contributed by atoms with van der Waals surface area (Å²) in [6, 6.07) is 14.4. The molecule has 0 atom stereocenters. The zero-order valence-corrected chi connectivity index (χ0v) is 19.6. The third-order valence-corrected chi connectivity index (χ3v) is 6.43. The highest BCUT2D eigenvalue weighted by Crippen LogP contribution is 2.37. The largest absolute Gasteiger partial charge is 0.416 e. The van der Waals surface area contributed by atoms with Crippen LogP contribution >= 0.6 is 0 Å². The van der Waals surface area contributed by atoms with Gasteiger partial charge in [0.2, 0.25) is 5.95 Å². The molecule has 3 N–H and O–H groups in total. The lowest BCUT2D eigenvalue weighted by Crippen LogP contribution is -2.22. The molecule has 1 amide bonds. The zero-order chi connectivity index (χ0) is 25.4. The first-order valence-corrected chi connectivity index (χ1v) is 11.6. The first-order chi connectivity index (χ1) is 17.2. The second-order valence-electron chi connectivity index (χ2n) is 8.91. The van der Waals surface area contributed by atoms with Gasteiger partial charge in [-0.25, -0.2) is 9.97 Å². The van der Waals surface area contributed by atoms with E-state index in [1.165, 1.54) is 6.07 Å². The standard InChI is InChI=1S/C27H24F3N5O/c1-16-4-5-18(13-21(16)17-6-8-22-19(12-17)15-32-26(31)34-22)25(36)33-23-14-20(27(28,29)30)7-9-24(23)35-10-2-3-11-35/h4-9,12-15H,2-3,10-11H2,1H3,(H,33,36)(H2,31,32,34). The van der Waals surface area contributed by atoms with Gasteiger partial charge in [-0.1, -0.05) is 12.1 Å². The van der Waals surface area contributed by atoms with Crippen LogP contribution in [0.4, 0.5) is 30.5 Å². The third kappa shape index (κ3) is 4.68. The maximum Gasteiger partial charge on any atom is 0.416 e. The lowest BCUT2D eigenvalue weighted by molar-refractivity contribution is -0.137. The molecule has 9 heteroatoms. The van der Waals surface area contributed by atoms with Crippen LogP contribution in [0.5, 0.6) is 0 Å². The lowest BCUT2D eigenvalue weighted by atomic mass is 9.97. The van der Waals surface area contributed by atoms with Crippen LogP contribution in [-0.2, 0) is 6.18 Å². The summed E-state index contributed by atoms with van der Waals surface area (Å²) in [7, 11) is 0. The lowest BCUT2D eigenvalue weighted by Gasteiger charge is -2.23. The quantitative estimate of drug-likeness (QED) is 0.363. The number of amides is 1. The highest BCUT2D eigenvalue weighted by Gasteiger charge is 2.32. The van der Waals surface area contributed by atoms with Gasteiger partial charge in [0.05, 0.1) is 22.5 Å². The number of nitrogens with zero attached hydrogens (tertiary/aromatic N) is 3. The molecule has 2 heterocycles. The zero-order valence-electron chi connectivity index (χ0n) is 19.6. The SMILES string of the molecule is Cc1ccc(C(=O)Nc2cc(C(F)(F)F)ccc2N2CCCC2)cc1-c1ccc2nc(N)ncc2c1. The van der Waals surface area contributed by atoms with Gasteiger partial charge in [-0.3, -0.25) is 4.79 Å². The summed E-state index contributed by atoms with van der Waals surface area (Å²) in [4.78, 5) is 23.5. The molecule has 0 aliphatic carbocycles. The van der Waals surface area contributed by atoms with Crippen molar-refractivity contribution in [3.63, 3.8) is 0 Å². The summed E-state index contributed by atoms with van der Waals surface area (Å²) in [5.41, 5.74) is 9.28.